The van der Waals surface area contributed by atoms with E-state index >= 15 is 0 Å². The lowest BCUT2D eigenvalue weighted by Crippen LogP contribution is -2.35. The normalized spacial score (nSPS) is 20.0. The summed E-state index contributed by atoms with van der Waals surface area (Å²) in [6, 6.07) is 7.12. The molecule has 1 N–H and O–H groups in total. The minimum Gasteiger partial charge on any atom is -0.356 e. The van der Waals surface area contributed by atoms with E-state index in [1.54, 1.807) is 16.4 Å². The first-order valence-corrected chi connectivity index (χ1v) is 11.4. The molecule has 144 valence electrons. The zero-order valence-corrected chi connectivity index (χ0v) is 16.3. The largest absolute Gasteiger partial charge is 0.356 e. The third-order valence-corrected chi connectivity index (χ3v) is 7.48. The number of piperidine rings is 1. The molecule has 0 bridgehead atoms. The molecule has 1 heterocycles. The molecule has 0 radical (unpaired) electrons. The Bertz CT molecular complexity index is 688. The standard InChI is InChI=1S/C20H30N2O3S/c23-20(18-7-3-1-4-8-18)21-14-13-17-9-11-19(12-10-17)26(24,25)22-15-5-2-6-16-22/h9-12,18H,1-8,13-16H2,(H,21,23). The molecule has 1 aromatic carbocycles. The van der Waals surface area contributed by atoms with Gasteiger partial charge in [0.1, 0.15) is 0 Å². The zero-order valence-electron chi connectivity index (χ0n) is 15.5. The fraction of sp³-hybridized carbons (Fsp3) is 0.650. The van der Waals surface area contributed by atoms with Crippen molar-refractivity contribution in [3.8, 4) is 0 Å². The van der Waals surface area contributed by atoms with Crippen LogP contribution in [0.25, 0.3) is 0 Å². The Labute approximate surface area is 157 Å². The van der Waals surface area contributed by atoms with Crippen molar-refractivity contribution in [1.82, 2.24) is 9.62 Å². The van der Waals surface area contributed by atoms with Crippen molar-refractivity contribution in [3.05, 3.63) is 29.8 Å². The SMILES string of the molecule is O=C(NCCc1ccc(S(=O)(=O)N2CCCCC2)cc1)C1CCCCC1. The predicted molar refractivity (Wildman–Crippen MR) is 102 cm³/mol. The van der Waals surface area contributed by atoms with E-state index < -0.39 is 10.0 Å². The van der Waals surface area contributed by atoms with E-state index in [9.17, 15) is 13.2 Å². The summed E-state index contributed by atoms with van der Waals surface area (Å²) in [6.07, 6.45) is 9.30. The minimum absolute atomic E-state index is 0.175. The van der Waals surface area contributed by atoms with E-state index in [1.165, 1.54) is 6.42 Å². The van der Waals surface area contributed by atoms with Gasteiger partial charge >= 0.3 is 0 Å². The molecule has 1 saturated carbocycles. The molecule has 3 rings (SSSR count). The highest BCUT2D eigenvalue weighted by molar-refractivity contribution is 7.89. The number of benzene rings is 1. The number of nitrogens with one attached hydrogen (secondary N) is 1. The van der Waals surface area contributed by atoms with Gasteiger partial charge in [0, 0.05) is 25.6 Å². The number of nitrogens with zero attached hydrogens (tertiary/aromatic N) is 1. The van der Waals surface area contributed by atoms with Crippen LogP contribution in [-0.2, 0) is 21.2 Å². The average Bonchev–Trinajstić information content (AvgIpc) is 2.69. The molecular formula is C20H30N2O3S. The van der Waals surface area contributed by atoms with Crippen LogP contribution >= 0.6 is 0 Å². The Morgan fingerprint density at radius 2 is 1.58 bits per heavy atom. The van der Waals surface area contributed by atoms with Crippen LogP contribution in [0.15, 0.2) is 29.2 Å². The predicted octanol–water partition coefficient (Wildman–Crippen LogP) is 3.10. The van der Waals surface area contributed by atoms with Crippen LogP contribution in [0, 0.1) is 5.92 Å². The molecule has 0 unspecified atom stereocenters. The molecule has 5 nitrogen and oxygen atoms in total. The number of carbonyl (C=O) groups excluding carboxylic acids is 1. The summed E-state index contributed by atoms with van der Waals surface area (Å²) in [5.41, 5.74) is 1.05. The number of sulfonamides is 1. The summed E-state index contributed by atoms with van der Waals surface area (Å²) in [5, 5.41) is 3.03. The molecule has 2 aliphatic rings. The molecule has 6 heteroatoms. The van der Waals surface area contributed by atoms with Crippen LogP contribution in [0.2, 0.25) is 0 Å². The maximum absolute atomic E-state index is 12.6. The smallest absolute Gasteiger partial charge is 0.243 e. The Balaban J connectivity index is 1.50. The van der Waals surface area contributed by atoms with Gasteiger partial charge in [0.15, 0.2) is 0 Å². The maximum Gasteiger partial charge on any atom is 0.243 e. The third kappa shape index (κ3) is 4.86. The first-order chi connectivity index (χ1) is 12.6. The average molecular weight is 379 g/mol. The minimum atomic E-state index is -3.36. The van der Waals surface area contributed by atoms with Crippen LogP contribution in [0.3, 0.4) is 0 Å². The number of amides is 1. The first-order valence-electron chi connectivity index (χ1n) is 9.94. The summed E-state index contributed by atoms with van der Waals surface area (Å²) >= 11 is 0. The highest BCUT2D eigenvalue weighted by Crippen LogP contribution is 2.24. The summed E-state index contributed by atoms with van der Waals surface area (Å²) in [4.78, 5) is 12.5. The highest BCUT2D eigenvalue weighted by Gasteiger charge is 2.25. The van der Waals surface area contributed by atoms with Crippen LogP contribution in [0.5, 0.6) is 0 Å². The van der Waals surface area contributed by atoms with Crippen LogP contribution in [0.4, 0.5) is 0 Å². The van der Waals surface area contributed by atoms with Crippen LogP contribution in [0.1, 0.15) is 56.9 Å². The number of carbonyl (C=O) groups is 1. The van der Waals surface area contributed by atoms with E-state index in [4.69, 9.17) is 0 Å². The third-order valence-electron chi connectivity index (χ3n) is 5.57. The van der Waals surface area contributed by atoms with Gasteiger partial charge in [-0.25, -0.2) is 8.42 Å². The van der Waals surface area contributed by atoms with Gasteiger partial charge in [0.25, 0.3) is 0 Å². The van der Waals surface area contributed by atoms with E-state index in [2.05, 4.69) is 5.32 Å². The number of hydrogen-bond donors (Lipinski definition) is 1. The van der Waals surface area contributed by atoms with Gasteiger partial charge in [0.2, 0.25) is 15.9 Å². The van der Waals surface area contributed by atoms with Crippen molar-refractivity contribution in [3.63, 3.8) is 0 Å². The molecule has 1 saturated heterocycles. The van der Waals surface area contributed by atoms with E-state index in [0.717, 1.165) is 56.9 Å². The Kier molecular flexibility index (Phi) is 6.70. The molecule has 0 spiro atoms. The quantitative estimate of drug-likeness (QED) is 0.827. The second kappa shape index (κ2) is 9.00. The van der Waals surface area contributed by atoms with Gasteiger partial charge in [-0.05, 0) is 49.8 Å². The Morgan fingerprint density at radius 1 is 0.962 bits per heavy atom. The molecular weight excluding hydrogens is 348 g/mol. The van der Waals surface area contributed by atoms with Gasteiger partial charge in [0.05, 0.1) is 4.90 Å². The molecule has 1 aliphatic carbocycles. The highest BCUT2D eigenvalue weighted by atomic mass is 32.2. The van der Waals surface area contributed by atoms with Crippen molar-refractivity contribution in [2.45, 2.75) is 62.7 Å². The monoisotopic (exact) mass is 378 g/mol. The lowest BCUT2D eigenvalue weighted by Gasteiger charge is -2.25. The zero-order chi connectivity index (χ0) is 18.4. The molecule has 0 atom stereocenters. The van der Waals surface area contributed by atoms with Crippen molar-refractivity contribution in [2.24, 2.45) is 5.92 Å². The van der Waals surface area contributed by atoms with Crippen molar-refractivity contribution in [1.29, 1.82) is 0 Å². The fourth-order valence-corrected chi connectivity index (χ4v) is 5.44. The summed E-state index contributed by atoms with van der Waals surface area (Å²) < 4.78 is 26.9. The van der Waals surface area contributed by atoms with Gasteiger partial charge < -0.3 is 5.32 Å². The Morgan fingerprint density at radius 3 is 2.23 bits per heavy atom. The lowest BCUT2D eigenvalue weighted by molar-refractivity contribution is -0.125. The second-order valence-electron chi connectivity index (χ2n) is 7.48. The van der Waals surface area contributed by atoms with Gasteiger partial charge in [-0.1, -0.05) is 37.8 Å². The molecule has 2 fully saturated rings. The Hall–Kier alpha value is -1.40. The second-order valence-corrected chi connectivity index (χ2v) is 9.42. The van der Waals surface area contributed by atoms with Crippen LogP contribution in [-0.4, -0.2) is 38.3 Å². The van der Waals surface area contributed by atoms with Gasteiger partial charge in [-0.2, -0.15) is 4.31 Å². The fourth-order valence-electron chi connectivity index (χ4n) is 3.92. The molecule has 26 heavy (non-hydrogen) atoms. The molecule has 1 aromatic rings. The number of rotatable bonds is 6. The lowest BCUT2D eigenvalue weighted by atomic mass is 9.88. The van der Waals surface area contributed by atoms with Gasteiger partial charge in [-0.15, -0.1) is 0 Å². The van der Waals surface area contributed by atoms with Gasteiger partial charge in [-0.3, -0.25) is 4.79 Å². The van der Waals surface area contributed by atoms with E-state index in [0.29, 0.717) is 24.5 Å². The summed E-state index contributed by atoms with van der Waals surface area (Å²) in [7, 11) is -3.36. The maximum atomic E-state index is 12.6. The summed E-state index contributed by atoms with van der Waals surface area (Å²) in [6.45, 7) is 1.85. The first kappa shape index (κ1) is 19.4. The van der Waals surface area contributed by atoms with Crippen LogP contribution < -0.4 is 5.32 Å². The number of hydrogen-bond acceptors (Lipinski definition) is 3. The van der Waals surface area contributed by atoms with E-state index in [-0.39, 0.29) is 11.8 Å². The molecule has 1 aliphatic heterocycles. The van der Waals surface area contributed by atoms with Crippen molar-refractivity contribution >= 4 is 15.9 Å². The summed E-state index contributed by atoms with van der Waals surface area (Å²) in [5.74, 6) is 0.356. The van der Waals surface area contributed by atoms with Crippen molar-refractivity contribution in [2.75, 3.05) is 19.6 Å². The van der Waals surface area contributed by atoms with E-state index in [1.807, 2.05) is 12.1 Å². The molecule has 0 aromatic heterocycles. The van der Waals surface area contributed by atoms with Crippen molar-refractivity contribution < 1.29 is 13.2 Å². The topological polar surface area (TPSA) is 66.5 Å². The molecule has 1 amide bonds.